The van der Waals surface area contributed by atoms with Crippen molar-refractivity contribution < 1.29 is 15.3 Å². The molecule has 0 aromatic heterocycles. The van der Waals surface area contributed by atoms with Gasteiger partial charge in [0.1, 0.15) is 5.75 Å². The minimum Gasteiger partial charge on any atom is -0.508 e. The fourth-order valence-corrected chi connectivity index (χ4v) is 2.36. The Balaban J connectivity index is 2.78. The number of phenols is 3. The van der Waals surface area contributed by atoms with E-state index in [1.165, 1.54) is 19.3 Å². The van der Waals surface area contributed by atoms with Gasteiger partial charge in [0, 0.05) is 11.1 Å². The van der Waals surface area contributed by atoms with E-state index in [9.17, 15) is 15.3 Å². The van der Waals surface area contributed by atoms with Crippen LogP contribution in [0.1, 0.15) is 64.0 Å². The van der Waals surface area contributed by atoms with Gasteiger partial charge in [0.15, 0.2) is 11.5 Å². The van der Waals surface area contributed by atoms with E-state index in [4.69, 9.17) is 0 Å². The van der Waals surface area contributed by atoms with E-state index in [-0.39, 0.29) is 17.2 Å². The third-order valence-electron chi connectivity index (χ3n) is 3.70. The van der Waals surface area contributed by atoms with Crippen LogP contribution in [-0.4, -0.2) is 15.3 Å². The Labute approximate surface area is 128 Å². The highest BCUT2D eigenvalue weighted by Crippen LogP contribution is 2.40. The quantitative estimate of drug-likeness (QED) is 0.278. The van der Waals surface area contributed by atoms with Gasteiger partial charge in [0.2, 0.25) is 0 Å². The number of phenolic OH excluding ortho intramolecular Hbond substituents is 3. The molecule has 0 aliphatic rings. The molecule has 0 amide bonds. The topological polar surface area (TPSA) is 60.7 Å². The zero-order chi connectivity index (χ0) is 15.8. The molecule has 0 radical (unpaired) electrons. The summed E-state index contributed by atoms with van der Waals surface area (Å²) >= 11 is 0. The van der Waals surface area contributed by atoms with Gasteiger partial charge in [-0.25, -0.2) is 0 Å². The standard InChI is InChI=1S/C18H28O3/c1-4-5-6-7-8-9-15-16(19)12-14(11-10-13(2)3)17(20)18(15)21/h10,12,19-21H,4-9,11H2,1-3H3. The molecule has 1 aromatic rings. The zero-order valence-corrected chi connectivity index (χ0v) is 13.4. The molecule has 0 bridgehead atoms. The van der Waals surface area contributed by atoms with Crippen LogP contribution in [0, 0.1) is 0 Å². The SMILES string of the molecule is CCCCCCCc1c(O)cc(CC=C(C)C)c(O)c1O. The van der Waals surface area contributed by atoms with E-state index in [2.05, 4.69) is 6.92 Å². The minimum atomic E-state index is -0.164. The van der Waals surface area contributed by atoms with E-state index in [1.807, 2.05) is 19.9 Å². The van der Waals surface area contributed by atoms with Gasteiger partial charge in [-0.3, -0.25) is 0 Å². The molecule has 1 aromatic carbocycles. The van der Waals surface area contributed by atoms with E-state index < -0.39 is 0 Å². The molecule has 0 heterocycles. The maximum Gasteiger partial charge on any atom is 0.164 e. The van der Waals surface area contributed by atoms with Gasteiger partial charge < -0.3 is 15.3 Å². The normalized spacial score (nSPS) is 10.6. The molecule has 0 unspecified atom stereocenters. The Morgan fingerprint density at radius 2 is 1.67 bits per heavy atom. The van der Waals surface area contributed by atoms with Crippen LogP contribution < -0.4 is 0 Å². The summed E-state index contributed by atoms with van der Waals surface area (Å²) in [6.45, 7) is 6.11. The predicted octanol–water partition coefficient (Wildman–Crippen LogP) is 4.83. The molecule has 0 saturated carbocycles. The first-order valence-electron chi connectivity index (χ1n) is 7.86. The van der Waals surface area contributed by atoms with Crippen molar-refractivity contribution in [1.29, 1.82) is 0 Å². The molecular weight excluding hydrogens is 264 g/mol. The van der Waals surface area contributed by atoms with Crippen LogP contribution in [-0.2, 0) is 12.8 Å². The highest BCUT2D eigenvalue weighted by atomic mass is 16.3. The average Bonchev–Trinajstić information content (AvgIpc) is 2.44. The lowest BCUT2D eigenvalue weighted by atomic mass is 9.99. The Morgan fingerprint density at radius 1 is 1.00 bits per heavy atom. The molecule has 118 valence electrons. The third-order valence-corrected chi connectivity index (χ3v) is 3.70. The van der Waals surface area contributed by atoms with Crippen LogP contribution >= 0.6 is 0 Å². The molecule has 0 aliphatic heterocycles. The Morgan fingerprint density at radius 3 is 2.29 bits per heavy atom. The van der Waals surface area contributed by atoms with Crippen molar-refractivity contribution in [3.63, 3.8) is 0 Å². The number of benzene rings is 1. The third kappa shape index (κ3) is 5.33. The minimum absolute atomic E-state index is 0.0814. The van der Waals surface area contributed by atoms with E-state index >= 15 is 0 Å². The van der Waals surface area contributed by atoms with E-state index in [1.54, 1.807) is 6.07 Å². The highest BCUT2D eigenvalue weighted by molar-refractivity contribution is 5.57. The van der Waals surface area contributed by atoms with Crippen molar-refractivity contribution in [2.24, 2.45) is 0 Å². The zero-order valence-electron chi connectivity index (χ0n) is 13.4. The summed E-state index contributed by atoms with van der Waals surface area (Å²) in [4.78, 5) is 0. The van der Waals surface area contributed by atoms with Crippen molar-refractivity contribution >= 4 is 0 Å². The van der Waals surface area contributed by atoms with Crippen LogP contribution in [0.25, 0.3) is 0 Å². The molecule has 0 spiro atoms. The second-order valence-corrected chi connectivity index (χ2v) is 5.88. The second kappa shape index (κ2) is 8.60. The fourth-order valence-electron chi connectivity index (χ4n) is 2.36. The molecule has 0 saturated heterocycles. The van der Waals surface area contributed by atoms with Crippen molar-refractivity contribution in [2.75, 3.05) is 0 Å². The lowest BCUT2D eigenvalue weighted by molar-refractivity contribution is 0.384. The van der Waals surface area contributed by atoms with E-state index in [0.717, 1.165) is 18.4 Å². The Kier molecular flexibility index (Phi) is 7.13. The predicted molar refractivity (Wildman–Crippen MR) is 87.0 cm³/mol. The molecule has 3 nitrogen and oxygen atoms in total. The number of allylic oxidation sites excluding steroid dienone is 2. The van der Waals surface area contributed by atoms with Crippen LogP contribution in [0.3, 0.4) is 0 Å². The van der Waals surface area contributed by atoms with Gasteiger partial charge in [-0.15, -0.1) is 0 Å². The maximum absolute atomic E-state index is 10.1. The van der Waals surface area contributed by atoms with Crippen LogP contribution in [0.2, 0.25) is 0 Å². The molecule has 0 atom stereocenters. The van der Waals surface area contributed by atoms with Gasteiger partial charge in [0.05, 0.1) is 0 Å². The summed E-state index contributed by atoms with van der Waals surface area (Å²) in [5.41, 5.74) is 2.15. The second-order valence-electron chi connectivity index (χ2n) is 5.88. The van der Waals surface area contributed by atoms with Crippen molar-refractivity contribution in [3.8, 4) is 17.2 Å². The molecule has 0 fully saturated rings. The molecule has 1 rings (SSSR count). The summed E-state index contributed by atoms with van der Waals surface area (Å²) in [5.74, 6) is -0.186. The number of rotatable bonds is 8. The van der Waals surface area contributed by atoms with E-state index in [0.29, 0.717) is 24.0 Å². The van der Waals surface area contributed by atoms with Crippen LogP contribution in [0.5, 0.6) is 17.2 Å². The Bertz CT molecular complexity index is 486. The first-order valence-corrected chi connectivity index (χ1v) is 7.86. The maximum atomic E-state index is 10.1. The number of aromatic hydroxyl groups is 3. The average molecular weight is 292 g/mol. The van der Waals surface area contributed by atoms with Crippen LogP contribution in [0.4, 0.5) is 0 Å². The van der Waals surface area contributed by atoms with Gasteiger partial charge in [-0.1, -0.05) is 44.3 Å². The monoisotopic (exact) mass is 292 g/mol. The summed E-state index contributed by atoms with van der Waals surface area (Å²) in [5, 5.41) is 30.2. The molecule has 21 heavy (non-hydrogen) atoms. The van der Waals surface area contributed by atoms with Crippen LogP contribution in [0.15, 0.2) is 17.7 Å². The lowest BCUT2D eigenvalue weighted by Crippen LogP contribution is -1.93. The van der Waals surface area contributed by atoms with Gasteiger partial charge >= 0.3 is 0 Å². The molecule has 0 aliphatic carbocycles. The largest absolute Gasteiger partial charge is 0.508 e. The molecular formula is C18H28O3. The summed E-state index contributed by atoms with van der Waals surface area (Å²) < 4.78 is 0. The van der Waals surface area contributed by atoms with Gasteiger partial charge in [0.25, 0.3) is 0 Å². The number of hydrogen-bond acceptors (Lipinski definition) is 3. The summed E-state index contributed by atoms with van der Waals surface area (Å²) in [7, 11) is 0. The van der Waals surface area contributed by atoms with Gasteiger partial charge in [-0.05, 0) is 39.2 Å². The first-order chi connectivity index (χ1) is 9.97. The fraction of sp³-hybridized carbons (Fsp3) is 0.556. The first kappa shape index (κ1) is 17.4. The smallest absolute Gasteiger partial charge is 0.164 e. The number of unbranched alkanes of at least 4 members (excludes halogenated alkanes) is 4. The number of hydrogen-bond donors (Lipinski definition) is 3. The van der Waals surface area contributed by atoms with Gasteiger partial charge in [-0.2, -0.15) is 0 Å². The summed E-state index contributed by atoms with van der Waals surface area (Å²) in [6.07, 6.45) is 8.62. The molecule has 3 N–H and O–H groups in total. The highest BCUT2D eigenvalue weighted by Gasteiger charge is 2.16. The summed E-state index contributed by atoms with van der Waals surface area (Å²) in [6, 6.07) is 1.57. The van der Waals surface area contributed by atoms with Crippen molar-refractivity contribution in [3.05, 3.63) is 28.8 Å². The van der Waals surface area contributed by atoms with Crippen molar-refractivity contribution in [1.82, 2.24) is 0 Å². The lowest BCUT2D eigenvalue weighted by Gasteiger charge is -2.12. The molecule has 3 heteroatoms. The Hall–Kier alpha value is -1.64. The van der Waals surface area contributed by atoms with Crippen molar-refractivity contribution in [2.45, 2.75) is 65.7 Å².